The minimum atomic E-state index is -0.370. The highest BCUT2D eigenvalue weighted by molar-refractivity contribution is 5.90. The van der Waals surface area contributed by atoms with Crippen LogP contribution in [0.25, 0.3) is 22.3 Å². The van der Waals surface area contributed by atoms with Crippen LogP contribution in [-0.2, 0) is 11.3 Å². The Balaban J connectivity index is 1.62. The minimum absolute atomic E-state index is 0.118. The molecule has 2 N–H and O–H groups in total. The smallest absolute Gasteiger partial charge is 0.229 e. The lowest BCUT2D eigenvalue weighted by molar-refractivity contribution is 0.0987. The summed E-state index contributed by atoms with van der Waals surface area (Å²) in [7, 11) is 1.59. The number of fused-ring (bicyclic) bond motifs is 1. The van der Waals surface area contributed by atoms with Gasteiger partial charge in [0.1, 0.15) is 11.6 Å². The first kappa shape index (κ1) is 21.8. The molecule has 4 heterocycles. The Labute approximate surface area is 192 Å². The van der Waals surface area contributed by atoms with Gasteiger partial charge in [0.2, 0.25) is 5.95 Å². The molecule has 0 saturated carbocycles. The summed E-state index contributed by atoms with van der Waals surface area (Å²) in [5.41, 5.74) is 2.94. The van der Waals surface area contributed by atoms with Crippen molar-refractivity contribution in [2.75, 3.05) is 49.8 Å². The van der Waals surface area contributed by atoms with E-state index in [-0.39, 0.29) is 18.8 Å². The maximum Gasteiger partial charge on any atom is 0.229 e. The van der Waals surface area contributed by atoms with Gasteiger partial charge in [0.15, 0.2) is 5.65 Å². The van der Waals surface area contributed by atoms with E-state index < -0.39 is 0 Å². The molecule has 1 unspecified atom stereocenters. The molecule has 2 aromatic heterocycles. The van der Waals surface area contributed by atoms with Crippen molar-refractivity contribution >= 4 is 22.8 Å². The number of benzene rings is 1. The Morgan fingerprint density at radius 3 is 2.76 bits per heavy atom. The van der Waals surface area contributed by atoms with Crippen LogP contribution in [0.1, 0.15) is 18.9 Å². The molecular weight excluding hydrogens is 422 g/mol. The number of aromatic nitrogens is 3. The van der Waals surface area contributed by atoms with E-state index in [1.54, 1.807) is 7.11 Å². The van der Waals surface area contributed by atoms with Gasteiger partial charge in [-0.1, -0.05) is 0 Å². The second kappa shape index (κ2) is 9.09. The van der Waals surface area contributed by atoms with E-state index in [1.807, 2.05) is 35.2 Å². The van der Waals surface area contributed by atoms with Crippen LogP contribution in [0.2, 0.25) is 0 Å². The Morgan fingerprint density at radius 2 is 2.03 bits per heavy atom. The second-order valence-electron chi connectivity index (χ2n) is 8.61. The van der Waals surface area contributed by atoms with Gasteiger partial charge in [-0.05, 0) is 43.7 Å². The number of methoxy groups -OCH3 is 1. The molecule has 0 spiro atoms. The number of β-amino-alcohol motifs (C(OH)–C–C–N with tert-alkyl or cyclic N) is 1. The lowest BCUT2D eigenvalue weighted by Crippen LogP contribution is -2.44. The zero-order valence-electron chi connectivity index (χ0n) is 18.9. The van der Waals surface area contributed by atoms with E-state index in [1.165, 1.54) is 0 Å². The van der Waals surface area contributed by atoms with Crippen molar-refractivity contribution in [1.29, 1.82) is 0 Å². The quantitative estimate of drug-likeness (QED) is 0.603. The number of nitrogens with zero attached hydrogens (tertiary/aromatic N) is 5. The van der Waals surface area contributed by atoms with Crippen LogP contribution in [0.3, 0.4) is 0 Å². The van der Waals surface area contributed by atoms with Gasteiger partial charge in [-0.3, -0.25) is 0 Å². The van der Waals surface area contributed by atoms with Crippen LogP contribution < -0.4 is 14.5 Å². The van der Waals surface area contributed by atoms with Gasteiger partial charge in [-0.15, -0.1) is 0 Å². The summed E-state index contributed by atoms with van der Waals surface area (Å²) in [5, 5.41) is 20.6. The van der Waals surface area contributed by atoms with Crippen molar-refractivity contribution in [2.24, 2.45) is 0 Å². The van der Waals surface area contributed by atoms with Crippen LogP contribution in [0.15, 0.2) is 30.3 Å². The average Bonchev–Trinajstić information content (AvgIpc) is 3.29. The number of hydrogen-bond acceptors (Lipinski definition) is 9. The maximum absolute atomic E-state index is 10.0. The number of ether oxygens (including phenoxy) is 2. The third-order valence-electron chi connectivity index (χ3n) is 6.36. The zero-order chi connectivity index (χ0) is 22.9. The molecule has 0 amide bonds. The standard InChI is InChI=1S/C24H29N5O4/c1-15-14-33-10-9-29(15)23-19-4-5-20(16-3-6-21(32-2)17(11-16)13-30)25-22(19)26-24(27-23)28-8-7-18(31)12-28/h3-6,11,15,18,30-31H,7-10,12-14H2,1-2H3/t15-,18?/m0/s1. The van der Waals surface area contributed by atoms with Gasteiger partial charge in [-0.25, -0.2) is 4.98 Å². The molecule has 2 fully saturated rings. The summed E-state index contributed by atoms with van der Waals surface area (Å²) in [6.45, 7) is 5.27. The molecule has 174 valence electrons. The number of rotatable bonds is 5. The fourth-order valence-corrected chi connectivity index (χ4v) is 4.53. The lowest BCUT2D eigenvalue weighted by Gasteiger charge is -2.35. The topological polar surface area (TPSA) is 104 Å². The van der Waals surface area contributed by atoms with Crippen molar-refractivity contribution in [3.05, 3.63) is 35.9 Å². The molecule has 9 heteroatoms. The SMILES string of the molecule is COc1ccc(-c2ccc3c(N4CCOC[C@@H]4C)nc(N4CCC(O)C4)nc3n2)cc1CO. The van der Waals surface area contributed by atoms with Crippen molar-refractivity contribution in [3.63, 3.8) is 0 Å². The van der Waals surface area contributed by atoms with Crippen LogP contribution in [-0.4, -0.2) is 77.3 Å². The van der Waals surface area contributed by atoms with Gasteiger partial charge >= 0.3 is 0 Å². The Bertz CT molecular complexity index is 1160. The van der Waals surface area contributed by atoms with E-state index >= 15 is 0 Å². The van der Waals surface area contributed by atoms with Gasteiger partial charge < -0.3 is 29.5 Å². The Hall–Kier alpha value is -3.01. The molecule has 2 aliphatic rings. The van der Waals surface area contributed by atoms with E-state index in [9.17, 15) is 10.2 Å². The summed E-state index contributed by atoms with van der Waals surface area (Å²) in [6, 6.07) is 9.81. The first-order chi connectivity index (χ1) is 16.1. The second-order valence-corrected chi connectivity index (χ2v) is 8.61. The largest absolute Gasteiger partial charge is 0.496 e. The monoisotopic (exact) mass is 451 g/mol. The molecule has 1 aromatic carbocycles. The number of anilines is 2. The molecule has 0 aliphatic carbocycles. The third-order valence-corrected chi connectivity index (χ3v) is 6.36. The number of hydrogen-bond donors (Lipinski definition) is 2. The van der Waals surface area contributed by atoms with Crippen LogP contribution in [0, 0.1) is 0 Å². The molecular formula is C24H29N5O4. The van der Waals surface area contributed by atoms with Gasteiger partial charge in [0.05, 0.1) is 50.2 Å². The summed E-state index contributed by atoms with van der Waals surface area (Å²) < 4.78 is 11.0. The molecule has 9 nitrogen and oxygen atoms in total. The maximum atomic E-state index is 10.0. The summed E-state index contributed by atoms with van der Waals surface area (Å²) in [6.07, 6.45) is 0.332. The average molecular weight is 452 g/mol. The lowest BCUT2D eigenvalue weighted by atomic mass is 10.1. The predicted molar refractivity (Wildman–Crippen MR) is 126 cm³/mol. The molecule has 3 aromatic rings. The summed E-state index contributed by atoms with van der Waals surface area (Å²) in [4.78, 5) is 18.9. The van der Waals surface area contributed by atoms with Gasteiger partial charge in [-0.2, -0.15) is 9.97 Å². The highest BCUT2D eigenvalue weighted by Crippen LogP contribution is 2.32. The molecule has 0 bridgehead atoms. The van der Waals surface area contributed by atoms with Gasteiger partial charge in [0, 0.05) is 30.8 Å². The Morgan fingerprint density at radius 1 is 1.15 bits per heavy atom. The summed E-state index contributed by atoms with van der Waals surface area (Å²) >= 11 is 0. The number of aliphatic hydroxyl groups excluding tert-OH is 2. The van der Waals surface area contributed by atoms with Crippen LogP contribution in [0.5, 0.6) is 5.75 Å². The highest BCUT2D eigenvalue weighted by Gasteiger charge is 2.27. The van der Waals surface area contributed by atoms with E-state index in [0.717, 1.165) is 29.0 Å². The molecule has 2 atom stereocenters. The Kier molecular flexibility index (Phi) is 6.01. The van der Waals surface area contributed by atoms with E-state index in [4.69, 9.17) is 24.4 Å². The summed E-state index contributed by atoms with van der Waals surface area (Å²) in [5.74, 6) is 2.07. The molecule has 0 radical (unpaired) electrons. The molecule has 5 rings (SSSR count). The first-order valence-electron chi connectivity index (χ1n) is 11.3. The van der Waals surface area contributed by atoms with Gasteiger partial charge in [0.25, 0.3) is 0 Å². The zero-order valence-corrected chi connectivity index (χ0v) is 18.9. The van der Waals surface area contributed by atoms with E-state index in [0.29, 0.717) is 55.6 Å². The molecule has 2 saturated heterocycles. The van der Waals surface area contributed by atoms with Crippen LogP contribution >= 0.6 is 0 Å². The fraction of sp³-hybridized carbons (Fsp3) is 0.458. The van der Waals surface area contributed by atoms with Crippen molar-refractivity contribution < 1.29 is 19.7 Å². The number of morpholine rings is 1. The normalized spacial score (nSPS) is 21.1. The highest BCUT2D eigenvalue weighted by atomic mass is 16.5. The first-order valence-corrected chi connectivity index (χ1v) is 11.3. The number of pyridine rings is 1. The molecule has 2 aliphatic heterocycles. The van der Waals surface area contributed by atoms with E-state index in [2.05, 4.69) is 11.8 Å². The number of aliphatic hydroxyl groups is 2. The minimum Gasteiger partial charge on any atom is -0.496 e. The van der Waals surface area contributed by atoms with Crippen LogP contribution in [0.4, 0.5) is 11.8 Å². The predicted octanol–water partition coefficient (Wildman–Crippen LogP) is 1.99. The van der Waals surface area contributed by atoms with Crippen molar-refractivity contribution in [1.82, 2.24) is 15.0 Å². The van der Waals surface area contributed by atoms with Crippen molar-refractivity contribution in [2.45, 2.75) is 32.1 Å². The van der Waals surface area contributed by atoms with Crippen molar-refractivity contribution in [3.8, 4) is 17.0 Å². The fourth-order valence-electron chi connectivity index (χ4n) is 4.53. The molecule has 33 heavy (non-hydrogen) atoms. The third kappa shape index (κ3) is 4.19.